The third-order valence-electron chi connectivity index (χ3n) is 3.66. The fraction of sp³-hybridized carbons (Fsp3) is 0.727. The van der Waals surface area contributed by atoms with Crippen LogP contribution in [0.2, 0.25) is 0 Å². The molecule has 0 spiro atoms. The number of carboxylic acid groups (broad SMARTS) is 1. The van der Waals surface area contributed by atoms with Gasteiger partial charge >= 0.3 is 5.97 Å². The lowest BCUT2D eigenvalue weighted by molar-refractivity contribution is -0.156. The summed E-state index contributed by atoms with van der Waals surface area (Å²) in [6.07, 6.45) is 1.96. The zero-order valence-corrected chi connectivity index (χ0v) is 9.73. The zero-order chi connectivity index (χ0) is 12.6. The first-order chi connectivity index (χ1) is 7.95. The van der Waals surface area contributed by atoms with E-state index >= 15 is 0 Å². The lowest BCUT2D eigenvalue weighted by Crippen LogP contribution is -2.55. The van der Waals surface area contributed by atoms with Crippen LogP contribution in [0.3, 0.4) is 0 Å². The number of hydrogen-bond acceptors (Lipinski definition) is 3. The van der Waals surface area contributed by atoms with Gasteiger partial charge in [0.05, 0.1) is 0 Å². The van der Waals surface area contributed by atoms with Crippen molar-refractivity contribution in [2.45, 2.75) is 44.2 Å². The molecule has 2 amide bonds. The van der Waals surface area contributed by atoms with E-state index in [4.69, 9.17) is 0 Å². The molecule has 0 bridgehead atoms. The van der Waals surface area contributed by atoms with Gasteiger partial charge in [-0.1, -0.05) is 0 Å². The zero-order valence-electron chi connectivity index (χ0n) is 9.73. The van der Waals surface area contributed by atoms with Crippen LogP contribution >= 0.6 is 0 Å². The molecule has 2 heterocycles. The highest BCUT2D eigenvalue weighted by atomic mass is 16.4. The molecule has 2 aliphatic heterocycles. The Morgan fingerprint density at radius 1 is 1.53 bits per heavy atom. The predicted octanol–water partition coefficient (Wildman–Crippen LogP) is -0.269. The fourth-order valence-electron chi connectivity index (χ4n) is 2.53. The molecule has 0 aliphatic carbocycles. The minimum Gasteiger partial charge on any atom is -0.480 e. The van der Waals surface area contributed by atoms with Gasteiger partial charge in [-0.05, 0) is 26.2 Å². The average Bonchev–Trinajstić information content (AvgIpc) is 2.85. The summed E-state index contributed by atoms with van der Waals surface area (Å²) in [4.78, 5) is 35.9. The Balaban J connectivity index is 2.14. The van der Waals surface area contributed by atoms with Gasteiger partial charge in [0.1, 0.15) is 11.6 Å². The SMILES string of the molecule is CC1(C(=O)O)CCCN1C(=O)[C@@H]1CCC(=O)N1. The Labute approximate surface area is 99.0 Å². The van der Waals surface area contributed by atoms with Gasteiger partial charge < -0.3 is 15.3 Å². The summed E-state index contributed by atoms with van der Waals surface area (Å²) in [5.41, 5.74) is -1.12. The first kappa shape index (κ1) is 11.9. The van der Waals surface area contributed by atoms with Crippen molar-refractivity contribution in [1.29, 1.82) is 0 Å². The maximum Gasteiger partial charge on any atom is 0.329 e. The Bertz CT molecular complexity index is 382. The number of aliphatic carboxylic acids is 1. The predicted molar refractivity (Wildman–Crippen MR) is 58.2 cm³/mol. The van der Waals surface area contributed by atoms with Gasteiger partial charge in [0.25, 0.3) is 0 Å². The molecule has 0 radical (unpaired) electrons. The van der Waals surface area contributed by atoms with Crippen LogP contribution in [0.5, 0.6) is 0 Å². The maximum absolute atomic E-state index is 12.2. The topological polar surface area (TPSA) is 86.7 Å². The number of amides is 2. The summed E-state index contributed by atoms with van der Waals surface area (Å²) < 4.78 is 0. The van der Waals surface area contributed by atoms with E-state index in [1.807, 2.05) is 0 Å². The second-order valence-electron chi connectivity index (χ2n) is 4.83. The lowest BCUT2D eigenvalue weighted by Gasteiger charge is -2.32. The van der Waals surface area contributed by atoms with Gasteiger partial charge in [-0.25, -0.2) is 4.79 Å². The van der Waals surface area contributed by atoms with E-state index < -0.39 is 17.6 Å². The van der Waals surface area contributed by atoms with E-state index in [1.165, 1.54) is 4.90 Å². The van der Waals surface area contributed by atoms with Crippen molar-refractivity contribution in [2.24, 2.45) is 0 Å². The van der Waals surface area contributed by atoms with Gasteiger partial charge in [-0.15, -0.1) is 0 Å². The van der Waals surface area contributed by atoms with Gasteiger partial charge in [-0.3, -0.25) is 9.59 Å². The molecular weight excluding hydrogens is 224 g/mol. The summed E-state index contributed by atoms with van der Waals surface area (Å²) >= 11 is 0. The summed E-state index contributed by atoms with van der Waals surface area (Å²) in [6.45, 7) is 2.02. The number of rotatable bonds is 2. The second kappa shape index (κ2) is 4.01. The molecule has 1 unspecified atom stereocenters. The number of nitrogens with zero attached hydrogens (tertiary/aromatic N) is 1. The molecule has 2 saturated heterocycles. The molecule has 0 aromatic carbocycles. The van der Waals surface area contributed by atoms with Crippen molar-refractivity contribution in [3.63, 3.8) is 0 Å². The van der Waals surface area contributed by atoms with Gasteiger partial charge in [0, 0.05) is 13.0 Å². The van der Waals surface area contributed by atoms with Crippen molar-refractivity contribution in [3.05, 3.63) is 0 Å². The third-order valence-corrected chi connectivity index (χ3v) is 3.66. The highest BCUT2D eigenvalue weighted by Gasteiger charge is 2.48. The van der Waals surface area contributed by atoms with Gasteiger partial charge in [0.2, 0.25) is 11.8 Å². The minimum atomic E-state index is -1.12. The highest BCUT2D eigenvalue weighted by Crippen LogP contribution is 2.30. The Hall–Kier alpha value is -1.59. The summed E-state index contributed by atoms with van der Waals surface area (Å²) in [5.74, 6) is -1.38. The van der Waals surface area contributed by atoms with Crippen LogP contribution < -0.4 is 5.32 Å². The van der Waals surface area contributed by atoms with Crippen molar-refractivity contribution in [3.8, 4) is 0 Å². The Kier molecular flexibility index (Phi) is 2.81. The van der Waals surface area contributed by atoms with Gasteiger partial charge in [-0.2, -0.15) is 0 Å². The molecule has 6 nitrogen and oxygen atoms in total. The van der Waals surface area contributed by atoms with Crippen LogP contribution in [-0.4, -0.2) is 45.9 Å². The van der Waals surface area contributed by atoms with E-state index in [0.717, 1.165) is 0 Å². The first-order valence-electron chi connectivity index (χ1n) is 5.79. The molecule has 0 saturated carbocycles. The summed E-state index contributed by atoms with van der Waals surface area (Å²) in [6, 6.07) is -0.542. The number of carbonyl (C=O) groups excluding carboxylic acids is 2. The van der Waals surface area contributed by atoms with E-state index in [0.29, 0.717) is 32.2 Å². The van der Waals surface area contributed by atoms with Crippen LogP contribution in [0.15, 0.2) is 0 Å². The van der Waals surface area contributed by atoms with E-state index in [-0.39, 0.29) is 11.8 Å². The number of nitrogens with one attached hydrogen (secondary N) is 1. The quantitative estimate of drug-likeness (QED) is 0.695. The monoisotopic (exact) mass is 240 g/mol. The van der Waals surface area contributed by atoms with Gasteiger partial charge in [0.15, 0.2) is 0 Å². The molecule has 0 aromatic heterocycles. The van der Waals surface area contributed by atoms with E-state index in [9.17, 15) is 19.5 Å². The number of carboxylic acids is 1. The van der Waals surface area contributed by atoms with Crippen molar-refractivity contribution < 1.29 is 19.5 Å². The molecule has 2 rings (SSSR count). The van der Waals surface area contributed by atoms with Crippen LogP contribution in [0.25, 0.3) is 0 Å². The number of carbonyl (C=O) groups is 3. The number of hydrogen-bond donors (Lipinski definition) is 2. The molecule has 94 valence electrons. The standard InChI is InChI=1S/C11H16N2O4/c1-11(10(16)17)5-2-6-13(11)9(15)7-3-4-8(14)12-7/h7H,2-6H2,1H3,(H,12,14)(H,16,17)/t7-,11?/m0/s1. The van der Waals surface area contributed by atoms with Crippen LogP contribution in [-0.2, 0) is 14.4 Å². The maximum atomic E-state index is 12.2. The highest BCUT2D eigenvalue weighted by molar-refractivity contribution is 5.94. The third kappa shape index (κ3) is 1.87. The fourth-order valence-corrected chi connectivity index (χ4v) is 2.53. The van der Waals surface area contributed by atoms with Crippen LogP contribution in [0.1, 0.15) is 32.6 Å². The molecule has 2 N–H and O–H groups in total. The molecule has 2 aliphatic rings. The normalized spacial score (nSPS) is 32.6. The minimum absolute atomic E-state index is 0.139. The first-order valence-corrected chi connectivity index (χ1v) is 5.79. The smallest absolute Gasteiger partial charge is 0.329 e. The summed E-state index contributed by atoms with van der Waals surface area (Å²) in [7, 11) is 0. The van der Waals surface area contributed by atoms with Crippen LogP contribution in [0.4, 0.5) is 0 Å². The second-order valence-corrected chi connectivity index (χ2v) is 4.83. The molecule has 2 atom stereocenters. The van der Waals surface area contributed by atoms with Crippen molar-refractivity contribution in [2.75, 3.05) is 6.54 Å². The molecule has 2 fully saturated rings. The molecule has 0 aromatic rings. The number of likely N-dealkylation sites (tertiary alicyclic amines) is 1. The van der Waals surface area contributed by atoms with Crippen molar-refractivity contribution in [1.82, 2.24) is 10.2 Å². The Morgan fingerprint density at radius 2 is 2.24 bits per heavy atom. The Morgan fingerprint density at radius 3 is 2.76 bits per heavy atom. The average molecular weight is 240 g/mol. The summed E-state index contributed by atoms with van der Waals surface area (Å²) in [5, 5.41) is 11.8. The molecule has 6 heteroatoms. The molecule has 17 heavy (non-hydrogen) atoms. The molecular formula is C11H16N2O4. The lowest BCUT2D eigenvalue weighted by atomic mass is 9.98. The van der Waals surface area contributed by atoms with Crippen molar-refractivity contribution >= 4 is 17.8 Å². The van der Waals surface area contributed by atoms with E-state index in [2.05, 4.69) is 5.32 Å². The largest absolute Gasteiger partial charge is 0.480 e. The van der Waals surface area contributed by atoms with Crippen LogP contribution in [0, 0.1) is 0 Å². The van der Waals surface area contributed by atoms with E-state index in [1.54, 1.807) is 6.92 Å².